The molecule has 1 saturated heterocycles. The van der Waals surface area contributed by atoms with E-state index in [4.69, 9.17) is 4.74 Å². The molecule has 1 heterocycles. The maximum atomic E-state index is 12.3. The Morgan fingerprint density at radius 2 is 2.25 bits per heavy atom. The Morgan fingerprint density at radius 1 is 1.44 bits per heavy atom. The van der Waals surface area contributed by atoms with Crippen LogP contribution >= 0.6 is 0 Å². The summed E-state index contributed by atoms with van der Waals surface area (Å²) in [6, 6.07) is 0. The Kier molecular flexibility index (Phi) is 1.86. The molecule has 86 valence electrons. The third-order valence-corrected chi connectivity index (χ3v) is 4.90. The molecule has 3 atom stereocenters. The van der Waals surface area contributed by atoms with Gasteiger partial charge in [0.15, 0.2) is 0 Å². The summed E-state index contributed by atoms with van der Waals surface area (Å²) in [4.78, 5) is 23.6. The van der Waals surface area contributed by atoms with Crippen molar-refractivity contribution in [3.63, 3.8) is 0 Å². The van der Waals surface area contributed by atoms with Gasteiger partial charge in [0.05, 0.1) is 11.8 Å². The summed E-state index contributed by atoms with van der Waals surface area (Å²) in [5.41, 5.74) is -0.403. The Balaban J connectivity index is 2.11. The summed E-state index contributed by atoms with van der Waals surface area (Å²) in [7, 11) is 0. The smallest absolute Gasteiger partial charge is 0.306 e. The van der Waals surface area contributed by atoms with Crippen LogP contribution in [0.5, 0.6) is 0 Å². The van der Waals surface area contributed by atoms with Crippen molar-refractivity contribution in [2.24, 2.45) is 16.7 Å². The SMILES string of the molecule is C[C@]12CC=C[C@@H]3CC(=O)OC[C@@]31C(=O)CC2. The molecular weight excluding hydrogens is 204 g/mol. The van der Waals surface area contributed by atoms with Gasteiger partial charge in [-0.1, -0.05) is 19.1 Å². The van der Waals surface area contributed by atoms with E-state index in [9.17, 15) is 9.59 Å². The fourth-order valence-electron chi connectivity index (χ4n) is 3.80. The minimum atomic E-state index is -0.407. The Morgan fingerprint density at radius 3 is 3.06 bits per heavy atom. The van der Waals surface area contributed by atoms with Crippen molar-refractivity contribution >= 4 is 11.8 Å². The summed E-state index contributed by atoms with van der Waals surface area (Å²) < 4.78 is 5.19. The van der Waals surface area contributed by atoms with Gasteiger partial charge in [-0.2, -0.15) is 0 Å². The lowest BCUT2D eigenvalue weighted by molar-refractivity contribution is -0.170. The van der Waals surface area contributed by atoms with E-state index in [2.05, 4.69) is 19.1 Å². The van der Waals surface area contributed by atoms with Gasteiger partial charge in [-0.15, -0.1) is 0 Å². The van der Waals surface area contributed by atoms with Crippen LogP contribution in [0.1, 0.15) is 32.6 Å². The number of hydrogen-bond donors (Lipinski definition) is 0. The third kappa shape index (κ3) is 0.989. The normalized spacial score (nSPS) is 46.2. The number of ether oxygens (including phenoxy) is 1. The zero-order valence-corrected chi connectivity index (χ0v) is 9.49. The summed E-state index contributed by atoms with van der Waals surface area (Å²) in [5, 5.41) is 0. The summed E-state index contributed by atoms with van der Waals surface area (Å²) in [6.07, 6.45) is 7.09. The van der Waals surface area contributed by atoms with Crippen LogP contribution < -0.4 is 0 Å². The van der Waals surface area contributed by atoms with Gasteiger partial charge >= 0.3 is 5.97 Å². The minimum Gasteiger partial charge on any atom is -0.465 e. The van der Waals surface area contributed by atoms with Crippen LogP contribution in [0.25, 0.3) is 0 Å². The van der Waals surface area contributed by atoms with Crippen LogP contribution in [0.3, 0.4) is 0 Å². The Hall–Kier alpha value is -1.12. The topological polar surface area (TPSA) is 43.4 Å². The molecule has 16 heavy (non-hydrogen) atoms. The van der Waals surface area contributed by atoms with Crippen molar-refractivity contribution in [1.29, 1.82) is 0 Å². The van der Waals surface area contributed by atoms with Gasteiger partial charge in [-0.25, -0.2) is 0 Å². The van der Waals surface area contributed by atoms with E-state index >= 15 is 0 Å². The predicted octanol–water partition coefficient (Wildman–Crippen LogP) is 1.86. The van der Waals surface area contributed by atoms with E-state index in [-0.39, 0.29) is 17.3 Å². The number of cyclic esters (lactones) is 1. The molecule has 0 amide bonds. The fraction of sp³-hybridized carbons (Fsp3) is 0.692. The van der Waals surface area contributed by atoms with Crippen molar-refractivity contribution in [3.8, 4) is 0 Å². The monoisotopic (exact) mass is 220 g/mol. The molecule has 0 aromatic carbocycles. The predicted molar refractivity (Wildman–Crippen MR) is 57.6 cm³/mol. The maximum Gasteiger partial charge on any atom is 0.306 e. The van der Waals surface area contributed by atoms with Gasteiger partial charge in [-0.05, 0) is 18.3 Å². The molecule has 2 fully saturated rings. The van der Waals surface area contributed by atoms with Gasteiger partial charge in [0.1, 0.15) is 12.4 Å². The van der Waals surface area contributed by atoms with Crippen LogP contribution in [-0.4, -0.2) is 18.4 Å². The minimum absolute atomic E-state index is 0.00417. The number of carbonyl (C=O) groups excluding carboxylic acids is 2. The zero-order valence-electron chi connectivity index (χ0n) is 9.49. The van der Waals surface area contributed by atoms with Gasteiger partial charge in [-0.3, -0.25) is 9.59 Å². The molecule has 0 unspecified atom stereocenters. The standard InChI is InChI=1S/C13H16O3/c1-12-5-2-3-9-7-11(15)16-8-13(9,12)10(14)4-6-12/h2-3,9H,4-8H2,1H3/t9-,12-,13+/m1/s1. The number of ketones is 1. The molecular formula is C13H16O3. The lowest BCUT2D eigenvalue weighted by atomic mass is 9.55. The third-order valence-electron chi connectivity index (χ3n) is 4.90. The molecule has 3 aliphatic rings. The highest BCUT2D eigenvalue weighted by Crippen LogP contribution is 2.61. The van der Waals surface area contributed by atoms with E-state index in [1.54, 1.807) is 0 Å². The summed E-state index contributed by atoms with van der Waals surface area (Å²) in [6.45, 7) is 2.48. The van der Waals surface area contributed by atoms with Crippen molar-refractivity contribution < 1.29 is 14.3 Å². The first kappa shape index (κ1) is 10.1. The van der Waals surface area contributed by atoms with E-state index in [0.717, 1.165) is 12.8 Å². The molecule has 3 nitrogen and oxygen atoms in total. The molecule has 3 rings (SSSR count). The lowest BCUT2D eigenvalue weighted by Crippen LogP contribution is -2.54. The first-order valence-corrected chi connectivity index (χ1v) is 5.94. The van der Waals surface area contributed by atoms with Crippen LogP contribution in [0.4, 0.5) is 0 Å². The number of carbonyl (C=O) groups is 2. The molecule has 0 radical (unpaired) electrons. The van der Waals surface area contributed by atoms with Crippen molar-refractivity contribution in [1.82, 2.24) is 0 Å². The van der Waals surface area contributed by atoms with Gasteiger partial charge < -0.3 is 4.74 Å². The van der Waals surface area contributed by atoms with Crippen LogP contribution in [0.15, 0.2) is 12.2 Å². The summed E-state index contributed by atoms with van der Waals surface area (Å²) >= 11 is 0. The van der Waals surface area contributed by atoms with E-state index in [0.29, 0.717) is 25.2 Å². The molecule has 1 saturated carbocycles. The number of Topliss-reactive ketones (excluding diaryl/α,β-unsaturated/α-hetero) is 1. The van der Waals surface area contributed by atoms with Gasteiger partial charge in [0, 0.05) is 12.3 Å². The Labute approximate surface area is 94.8 Å². The molecule has 0 bridgehead atoms. The van der Waals surface area contributed by atoms with Gasteiger partial charge in [0.2, 0.25) is 0 Å². The van der Waals surface area contributed by atoms with Crippen LogP contribution in [0.2, 0.25) is 0 Å². The average Bonchev–Trinajstić information content (AvgIpc) is 2.51. The van der Waals surface area contributed by atoms with E-state index in [1.165, 1.54) is 0 Å². The Bertz CT molecular complexity index is 398. The number of allylic oxidation sites excluding steroid dienone is 2. The quantitative estimate of drug-likeness (QED) is 0.462. The molecule has 0 N–H and O–H groups in total. The maximum absolute atomic E-state index is 12.3. The van der Waals surface area contributed by atoms with Crippen molar-refractivity contribution in [2.75, 3.05) is 6.61 Å². The molecule has 0 aromatic rings. The van der Waals surface area contributed by atoms with Gasteiger partial charge in [0.25, 0.3) is 0 Å². The second-order valence-electron chi connectivity index (χ2n) is 5.56. The summed E-state index contributed by atoms with van der Waals surface area (Å²) in [5.74, 6) is 0.212. The molecule has 0 aromatic heterocycles. The molecule has 3 heteroatoms. The van der Waals surface area contributed by atoms with Crippen molar-refractivity contribution in [2.45, 2.75) is 32.6 Å². The first-order chi connectivity index (χ1) is 7.58. The van der Waals surface area contributed by atoms with Crippen molar-refractivity contribution in [3.05, 3.63) is 12.2 Å². The highest BCUT2D eigenvalue weighted by Gasteiger charge is 2.63. The highest BCUT2D eigenvalue weighted by atomic mass is 16.5. The highest BCUT2D eigenvalue weighted by molar-refractivity contribution is 5.91. The number of rotatable bonds is 0. The fourth-order valence-corrected chi connectivity index (χ4v) is 3.80. The van der Waals surface area contributed by atoms with Crippen LogP contribution in [-0.2, 0) is 14.3 Å². The second kappa shape index (κ2) is 2.96. The average molecular weight is 220 g/mol. The largest absolute Gasteiger partial charge is 0.465 e. The number of esters is 1. The lowest BCUT2D eigenvalue weighted by Gasteiger charge is -2.50. The molecule has 1 spiro atoms. The first-order valence-electron chi connectivity index (χ1n) is 5.94. The van der Waals surface area contributed by atoms with Crippen LogP contribution in [0, 0.1) is 16.7 Å². The van der Waals surface area contributed by atoms with E-state index in [1.807, 2.05) is 0 Å². The number of hydrogen-bond acceptors (Lipinski definition) is 3. The second-order valence-corrected chi connectivity index (χ2v) is 5.56. The molecule has 1 aliphatic heterocycles. The van der Waals surface area contributed by atoms with E-state index < -0.39 is 5.41 Å². The molecule has 2 aliphatic carbocycles. The zero-order chi connectivity index (χ0) is 11.4.